The molecule has 0 radical (unpaired) electrons. The number of ether oxygens (including phenoxy) is 3. The van der Waals surface area contributed by atoms with Gasteiger partial charge in [0.1, 0.15) is 18.2 Å². The molecule has 15 nitrogen and oxygen atoms in total. The zero-order chi connectivity index (χ0) is 35.2. The minimum absolute atomic E-state index is 0.0449. The fourth-order valence-electron chi connectivity index (χ4n) is 6.40. The van der Waals surface area contributed by atoms with E-state index in [2.05, 4.69) is 21.1 Å². The lowest BCUT2D eigenvalue weighted by molar-refractivity contribution is -0.145. The van der Waals surface area contributed by atoms with E-state index < -0.39 is 65.2 Å². The number of carbonyl (C=O) groups excluding carboxylic acids is 4. The number of rotatable bonds is 15. The topological polar surface area (TPSA) is 194 Å². The minimum Gasteiger partial charge on any atom is -0.477 e. The Morgan fingerprint density at radius 3 is 2.33 bits per heavy atom. The first-order valence-electron chi connectivity index (χ1n) is 17.3. The second-order valence-electron chi connectivity index (χ2n) is 14.5. The van der Waals surface area contributed by atoms with Crippen molar-refractivity contribution in [1.82, 2.24) is 20.9 Å². The van der Waals surface area contributed by atoms with Crippen molar-refractivity contribution < 1.29 is 48.1 Å². The van der Waals surface area contributed by atoms with Crippen molar-refractivity contribution in [3.05, 3.63) is 0 Å². The molecule has 4 amide bonds. The van der Waals surface area contributed by atoms with E-state index in [0.29, 0.717) is 38.7 Å². The van der Waals surface area contributed by atoms with Gasteiger partial charge in [0.05, 0.1) is 31.9 Å². The molecule has 270 valence electrons. The molecule has 3 heterocycles. The van der Waals surface area contributed by atoms with Gasteiger partial charge in [-0.1, -0.05) is 53.1 Å². The fourth-order valence-corrected chi connectivity index (χ4v) is 6.40. The first-order chi connectivity index (χ1) is 22.7. The lowest BCUT2D eigenvalue weighted by Crippen LogP contribution is -2.60. The second kappa shape index (κ2) is 15.8. The molecular formula is C33H53N5O10. The van der Waals surface area contributed by atoms with Gasteiger partial charge in [-0.3, -0.25) is 14.4 Å². The molecule has 48 heavy (non-hydrogen) atoms. The summed E-state index contributed by atoms with van der Waals surface area (Å²) in [7, 11) is 0. The molecule has 1 spiro atoms. The number of oxime groups is 1. The number of amides is 4. The summed E-state index contributed by atoms with van der Waals surface area (Å²) in [5, 5.41) is 22.1. The van der Waals surface area contributed by atoms with Crippen LogP contribution in [-0.4, -0.2) is 113 Å². The normalized spacial score (nSPS) is 25.6. The highest BCUT2D eigenvalue weighted by atomic mass is 16.7. The molecule has 4 aliphatic rings. The zero-order valence-corrected chi connectivity index (χ0v) is 29.0. The van der Waals surface area contributed by atoms with Gasteiger partial charge in [-0.05, 0) is 37.5 Å². The van der Waals surface area contributed by atoms with Crippen LogP contribution in [-0.2, 0) is 38.2 Å². The third kappa shape index (κ3) is 9.36. The highest BCUT2D eigenvalue weighted by Gasteiger charge is 2.56. The summed E-state index contributed by atoms with van der Waals surface area (Å²) < 4.78 is 17.1. The molecule has 0 aromatic heterocycles. The van der Waals surface area contributed by atoms with E-state index in [9.17, 15) is 29.1 Å². The predicted molar refractivity (Wildman–Crippen MR) is 173 cm³/mol. The monoisotopic (exact) mass is 679 g/mol. The van der Waals surface area contributed by atoms with Crippen LogP contribution in [0.1, 0.15) is 99.3 Å². The Morgan fingerprint density at radius 2 is 1.79 bits per heavy atom. The van der Waals surface area contributed by atoms with Crippen molar-refractivity contribution in [2.75, 3.05) is 19.8 Å². The summed E-state index contributed by atoms with van der Waals surface area (Å²) in [6, 6.07) is -2.85. The van der Waals surface area contributed by atoms with E-state index in [0.717, 1.165) is 12.8 Å². The molecule has 3 aliphatic heterocycles. The number of likely N-dealkylation sites (tertiary alicyclic amines) is 1. The average molecular weight is 680 g/mol. The zero-order valence-electron chi connectivity index (χ0n) is 29.0. The first-order valence-corrected chi connectivity index (χ1v) is 17.3. The van der Waals surface area contributed by atoms with Gasteiger partial charge in [-0.2, -0.15) is 0 Å². The SMILES string of the molecule is CCC[C@H](NC(=O)[C@@H]1C[C@]2(CC(C(=O)O)=NO2)CN1C(=O)C(NC(=O)O[C@H]1CCOC1)C(C)(C)C)C(OC(CC)CC)C(=O)NC1CC1. The van der Waals surface area contributed by atoms with Crippen LogP contribution in [0.2, 0.25) is 0 Å². The molecule has 6 atom stereocenters. The van der Waals surface area contributed by atoms with E-state index in [-0.39, 0.29) is 49.8 Å². The standard InChI is InChI=1S/C33H53N5O10/c1-7-10-22(25(46-20(8-2)9-3)28(40)34-19-11-12-19)35-27(39)24-16-33(15-23(30(42)43)37-48-33)18-38(24)29(41)26(32(4,5)6)36-31(44)47-21-13-14-45-17-21/h19-22,24-26H,7-18H2,1-6H3,(H,34,40)(H,35,39)(H,36,44)(H,42,43)/t21-,22-,24-,25?,26?,33+/m0/s1. The van der Waals surface area contributed by atoms with Gasteiger partial charge < -0.3 is 45.0 Å². The van der Waals surface area contributed by atoms with E-state index in [1.54, 1.807) is 20.8 Å². The Kier molecular flexibility index (Phi) is 12.3. The van der Waals surface area contributed by atoms with Crippen LogP contribution in [0.25, 0.3) is 0 Å². The van der Waals surface area contributed by atoms with E-state index in [1.807, 2.05) is 20.8 Å². The van der Waals surface area contributed by atoms with Gasteiger partial charge >= 0.3 is 12.1 Å². The number of nitrogens with zero attached hydrogens (tertiary/aromatic N) is 2. The van der Waals surface area contributed by atoms with Gasteiger partial charge in [-0.25, -0.2) is 9.59 Å². The molecule has 1 saturated carbocycles. The molecule has 2 saturated heterocycles. The Bertz CT molecular complexity index is 1220. The van der Waals surface area contributed by atoms with Crippen molar-refractivity contribution in [1.29, 1.82) is 0 Å². The lowest BCUT2D eigenvalue weighted by atomic mass is 9.85. The number of carboxylic acid groups (broad SMARTS) is 1. The van der Waals surface area contributed by atoms with Crippen molar-refractivity contribution in [2.24, 2.45) is 10.6 Å². The van der Waals surface area contributed by atoms with Crippen LogP contribution in [0.4, 0.5) is 4.79 Å². The van der Waals surface area contributed by atoms with Crippen LogP contribution in [0.3, 0.4) is 0 Å². The highest BCUT2D eigenvalue weighted by Crippen LogP contribution is 2.39. The third-order valence-corrected chi connectivity index (χ3v) is 9.33. The van der Waals surface area contributed by atoms with Crippen molar-refractivity contribution >= 4 is 35.5 Å². The number of carboxylic acids is 1. The maximum atomic E-state index is 14.4. The molecule has 2 unspecified atom stereocenters. The van der Waals surface area contributed by atoms with Crippen LogP contribution < -0.4 is 16.0 Å². The maximum Gasteiger partial charge on any atom is 0.408 e. The summed E-state index contributed by atoms with van der Waals surface area (Å²) in [4.78, 5) is 73.8. The summed E-state index contributed by atoms with van der Waals surface area (Å²) >= 11 is 0. The Morgan fingerprint density at radius 1 is 1.08 bits per heavy atom. The van der Waals surface area contributed by atoms with Gasteiger partial charge in [0, 0.05) is 25.3 Å². The largest absolute Gasteiger partial charge is 0.477 e. The second-order valence-corrected chi connectivity index (χ2v) is 14.5. The maximum absolute atomic E-state index is 14.4. The molecule has 4 N–H and O–H groups in total. The molecule has 1 aliphatic carbocycles. The summed E-state index contributed by atoms with van der Waals surface area (Å²) in [5.41, 5.74) is -2.28. The smallest absolute Gasteiger partial charge is 0.408 e. The highest BCUT2D eigenvalue weighted by molar-refractivity contribution is 6.36. The summed E-state index contributed by atoms with van der Waals surface area (Å²) in [6.45, 7) is 11.8. The third-order valence-electron chi connectivity index (χ3n) is 9.33. The van der Waals surface area contributed by atoms with E-state index in [4.69, 9.17) is 19.0 Å². The van der Waals surface area contributed by atoms with Crippen molar-refractivity contribution in [3.8, 4) is 0 Å². The van der Waals surface area contributed by atoms with Crippen LogP contribution in [0.15, 0.2) is 5.16 Å². The Labute approximate surface area is 282 Å². The predicted octanol–water partition coefficient (Wildman–Crippen LogP) is 2.25. The number of hydrogen-bond donors (Lipinski definition) is 4. The number of alkyl carbamates (subject to hydrolysis) is 1. The molecule has 0 bridgehead atoms. The molecule has 3 fully saturated rings. The molecular weight excluding hydrogens is 626 g/mol. The molecule has 4 rings (SSSR count). The quantitative estimate of drug-likeness (QED) is 0.199. The summed E-state index contributed by atoms with van der Waals surface area (Å²) in [5.74, 6) is -2.64. The Balaban J connectivity index is 1.60. The first kappa shape index (κ1) is 37.4. The van der Waals surface area contributed by atoms with E-state index >= 15 is 0 Å². The summed E-state index contributed by atoms with van der Waals surface area (Å²) in [6.07, 6.45) is 2.24. The van der Waals surface area contributed by atoms with Gasteiger partial charge in [0.25, 0.3) is 5.91 Å². The molecule has 0 aromatic rings. The van der Waals surface area contributed by atoms with Gasteiger partial charge in [0.2, 0.25) is 11.8 Å². The number of carbonyl (C=O) groups is 5. The van der Waals surface area contributed by atoms with Crippen LogP contribution >= 0.6 is 0 Å². The molecule has 15 heteroatoms. The van der Waals surface area contributed by atoms with Crippen molar-refractivity contribution in [2.45, 2.75) is 147 Å². The van der Waals surface area contributed by atoms with Crippen molar-refractivity contribution in [3.63, 3.8) is 0 Å². The molecule has 0 aromatic carbocycles. The minimum atomic E-state index is -1.26. The number of nitrogens with one attached hydrogen (secondary N) is 3. The van der Waals surface area contributed by atoms with Gasteiger partial charge in [0.15, 0.2) is 17.4 Å². The number of aliphatic carboxylic acids is 1. The van der Waals surface area contributed by atoms with E-state index in [1.165, 1.54) is 4.90 Å². The average Bonchev–Trinajstić information content (AvgIpc) is 3.38. The Hall–Kier alpha value is -3.46. The van der Waals surface area contributed by atoms with Crippen LogP contribution in [0.5, 0.6) is 0 Å². The number of hydrogen-bond acceptors (Lipinski definition) is 10. The van der Waals surface area contributed by atoms with Gasteiger partial charge in [-0.15, -0.1) is 0 Å². The van der Waals surface area contributed by atoms with Crippen LogP contribution in [0, 0.1) is 5.41 Å². The fraction of sp³-hybridized carbons (Fsp3) is 0.818. The lowest BCUT2D eigenvalue weighted by Gasteiger charge is -2.36.